The van der Waals surface area contributed by atoms with Gasteiger partial charge in [0.25, 0.3) is 0 Å². The topological polar surface area (TPSA) is 88.2 Å². The van der Waals surface area contributed by atoms with E-state index in [0.29, 0.717) is 18.1 Å². The minimum Gasteiger partial charge on any atom is -0.465 e. The zero-order valence-electron chi connectivity index (χ0n) is 18.7. The van der Waals surface area contributed by atoms with Crippen LogP contribution in [0, 0.1) is 5.92 Å². The van der Waals surface area contributed by atoms with Gasteiger partial charge in [-0.2, -0.15) is 4.98 Å². The molecule has 0 radical (unpaired) electrons. The first kappa shape index (κ1) is 23.9. The number of hydrogen-bond donors (Lipinski definition) is 2. The summed E-state index contributed by atoms with van der Waals surface area (Å²) in [6.07, 6.45) is 11.1. The molecule has 0 aliphatic heterocycles. The molecule has 6 nitrogen and oxygen atoms in total. The SMILES string of the molecule is CCCCCCCCCCc1ccc(-c2noc(C[C@@H](NC(=O)O)C(C)C)n2)cc1. The average Bonchev–Trinajstić information content (AvgIpc) is 3.18. The highest BCUT2D eigenvalue weighted by atomic mass is 16.5. The van der Waals surface area contributed by atoms with Crippen LogP contribution >= 0.6 is 0 Å². The van der Waals surface area contributed by atoms with Gasteiger partial charge in [-0.1, -0.05) is 95.1 Å². The molecule has 2 aromatic rings. The smallest absolute Gasteiger partial charge is 0.404 e. The van der Waals surface area contributed by atoms with Crippen molar-refractivity contribution in [3.63, 3.8) is 0 Å². The lowest BCUT2D eigenvalue weighted by atomic mass is 10.0. The van der Waals surface area contributed by atoms with Gasteiger partial charge >= 0.3 is 6.09 Å². The molecule has 1 aromatic heterocycles. The molecule has 2 N–H and O–H groups in total. The van der Waals surface area contributed by atoms with E-state index >= 15 is 0 Å². The summed E-state index contributed by atoms with van der Waals surface area (Å²) >= 11 is 0. The lowest BCUT2D eigenvalue weighted by Crippen LogP contribution is -2.39. The van der Waals surface area contributed by atoms with Crippen LogP contribution in [0.3, 0.4) is 0 Å². The molecule has 0 spiro atoms. The van der Waals surface area contributed by atoms with Gasteiger partial charge in [0, 0.05) is 18.0 Å². The number of hydrogen-bond acceptors (Lipinski definition) is 4. The number of aromatic nitrogens is 2. The molecule has 2 rings (SSSR count). The maximum atomic E-state index is 10.9. The van der Waals surface area contributed by atoms with Gasteiger partial charge in [0.1, 0.15) is 0 Å². The molecular formula is C24H37N3O3. The third-order valence-electron chi connectivity index (χ3n) is 5.51. The standard InChI is InChI=1S/C24H37N3O3/c1-4-5-6-7-8-9-10-11-12-19-13-15-20(16-14-19)23-26-22(30-27-23)17-21(18(2)3)25-24(28)29/h13-16,18,21,25H,4-12,17H2,1-3H3,(H,28,29)/t21-/m1/s1. The first-order valence-electron chi connectivity index (χ1n) is 11.4. The Morgan fingerprint density at radius 3 is 2.27 bits per heavy atom. The van der Waals surface area contributed by atoms with Crippen molar-refractivity contribution in [3.8, 4) is 11.4 Å². The molecule has 30 heavy (non-hydrogen) atoms. The van der Waals surface area contributed by atoms with Crippen molar-refractivity contribution in [3.05, 3.63) is 35.7 Å². The summed E-state index contributed by atoms with van der Waals surface area (Å²) in [4.78, 5) is 15.4. The molecule has 1 amide bonds. The molecule has 0 saturated heterocycles. The lowest BCUT2D eigenvalue weighted by molar-refractivity contribution is 0.184. The highest BCUT2D eigenvalue weighted by Crippen LogP contribution is 2.19. The molecular weight excluding hydrogens is 378 g/mol. The van der Waals surface area contributed by atoms with Gasteiger partial charge in [-0.15, -0.1) is 0 Å². The van der Waals surface area contributed by atoms with E-state index in [1.807, 2.05) is 26.0 Å². The number of nitrogens with one attached hydrogen (secondary N) is 1. The number of nitrogens with zero attached hydrogens (tertiary/aromatic N) is 2. The molecule has 0 fully saturated rings. The van der Waals surface area contributed by atoms with Crippen LogP contribution in [0.1, 0.15) is 83.6 Å². The Balaban J connectivity index is 1.79. The van der Waals surface area contributed by atoms with Crippen LogP contribution in [0.25, 0.3) is 11.4 Å². The summed E-state index contributed by atoms with van der Waals surface area (Å²) in [5.41, 5.74) is 2.25. The van der Waals surface area contributed by atoms with Crippen molar-refractivity contribution in [1.29, 1.82) is 0 Å². The van der Waals surface area contributed by atoms with E-state index in [4.69, 9.17) is 9.63 Å². The fourth-order valence-corrected chi connectivity index (χ4v) is 3.54. The molecule has 1 atom stereocenters. The zero-order valence-corrected chi connectivity index (χ0v) is 18.7. The molecule has 1 aromatic carbocycles. The minimum atomic E-state index is -1.04. The van der Waals surface area contributed by atoms with Crippen LogP contribution in [0.15, 0.2) is 28.8 Å². The van der Waals surface area contributed by atoms with E-state index in [-0.39, 0.29) is 12.0 Å². The second-order valence-corrected chi connectivity index (χ2v) is 8.44. The quantitative estimate of drug-likeness (QED) is 0.356. The second-order valence-electron chi connectivity index (χ2n) is 8.44. The number of unbranched alkanes of at least 4 members (excludes halogenated alkanes) is 7. The largest absolute Gasteiger partial charge is 0.465 e. The van der Waals surface area contributed by atoms with E-state index in [1.165, 1.54) is 56.9 Å². The summed E-state index contributed by atoms with van der Waals surface area (Å²) in [5.74, 6) is 1.12. The number of rotatable bonds is 14. The summed E-state index contributed by atoms with van der Waals surface area (Å²) in [5, 5.41) is 15.6. The van der Waals surface area contributed by atoms with Crippen molar-refractivity contribution < 1.29 is 14.4 Å². The van der Waals surface area contributed by atoms with Crippen LogP contribution in [-0.2, 0) is 12.8 Å². The minimum absolute atomic E-state index is 0.132. The van der Waals surface area contributed by atoms with Gasteiger partial charge in [0.15, 0.2) is 0 Å². The van der Waals surface area contributed by atoms with Gasteiger partial charge in [0.2, 0.25) is 11.7 Å². The van der Waals surface area contributed by atoms with Crippen molar-refractivity contribution in [2.75, 3.05) is 0 Å². The summed E-state index contributed by atoms with van der Waals surface area (Å²) in [6, 6.07) is 8.07. The Kier molecular flexibility index (Phi) is 10.4. The number of aryl methyl sites for hydroxylation is 1. The van der Waals surface area contributed by atoms with E-state index in [9.17, 15) is 4.79 Å². The number of amides is 1. The molecule has 0 unspecified atom stereocenters. The second kappa shape index (κ2) is 13.0. The van der Waals surface area contributed by atoms with Crippen LogP contribution in [0.4, 0.5) is 4.79 Å². The van der Waals surface area contributed by atoms with Crippen molar-refractivity contribution in [2.24, 2.45) is 5.92 Å². The van der Waals surface area contributed by atoms with Crippen molar-refractivity contribution >= 4 is 6.09 Å². The Morgan fingerprint density at radius 2 is 1.67 bits per heavy atom. The van der Waals surface area contributed by atoms with Gasteiger partial charge in [-0.05, 0) is 24.3 Å². The molecule has 0 aliphatic rings. The summed E-state index contributed by atoms with van der Waals surface area (Å²) < 4.78 is 5.34. The fourth-order valence-electron chi connectivity index (χ4n) is 3.54. The molecule has 0 bridgehead atoms. The number of carbonyl (C=O) groups is 1. The molecule has 166 valence electrons. The molecule has 0 saturated carbocycles. The number of carboxylic acid groups (broad SMARTS) is 1. The predicted molar refractivity (Wildman–Crippen MR) is 120 cm³/mol. The maximum absolute atomic E-state index is 10.9. The normalized spacial score (nSPS) is 12.3. The van der Waals surface area contributed by atoms with E-state index in [1.54, 1.807) is 0 Å². The van der Waals surface area contributed by atoms with Gasteiger partial charge in [0.05, 0.1) is 0 Å². The zero-order chi connectivity index (χ0) is 21.8. The molecule has 1 heterocycles. The first-order valence-corrected chi connectivity index (χ1v) is 11.4. The molecule has 0 aliphatic carbocycles. The van der Waals surface area contributed by atoms with Crippen LogP contribution in [-0.4, -0.2) is 27.4 Å². The van der Waals surface area contributed by atoms with E-state index in [2.05, 4.69) is 34.5 Å². The van der Waals surface area contributed by atoms with Crippen molar-refractivity contribution in [2.45, 2.75) is 91.0 Å². The number of benzene rings is 1. The highest BCUT2D eigenvalue weighted by Gasteiger charge is 2.20. The maximum Gasteiger partial charge on any atom is 0.404 e. The van der Waals surface area contributed by atoms with Gasteiger partial charge in [-0.3, -0.25) is 0 Å². The Bertz CT molecular complexity index is 740. The van der Waals surface area contributed by atoms with Crippen LogP contribution < -0.4 is 5.32 Å². The van der Waals surface area contributed by atoms with Crippen LogP contribution in [0.5, 0.6) is 0 Å². The highest BCUT2D eigenvalue weighted by molar-refractivity contribution is 5.64. The summed E-state index contributed by atoms with van der Waals surface area (Å²) in [6.45, 7) is 6.18. The fraction of sp³-hybridized carbons (Fsp3) is 0.625. The average molecular weight is 416 g/mol. The lowest BCUT2D eigenvalue weighted by Gasteiger charge is -2.18. The van der Waals surface area contributed by atoms with Crippen molar-refractivity contribution in [1.82, 2.24) is 15.5 Å². The third kappa shape index (κ3) is 8.56. The Morgan fingerprint density at radius 1 is 1.03 bits per heavy atom. The predicted octanol–water partition coefficient (Wildman–Crippen LogP) is 6.25. The third-order valence-corrected chi connectivity index (χ3v) is 5.51. The van der Waals surface area contributed by atoms with E-state index < -0.39 is 6.09 Å². The van der Waals surface area contributed by atoms with Gasteiger partial charge < -0.3 is 14.9 Å². The Hall–Kier alpha value is -2.37. The van der Waals surface area contributed by atoms with E-state index in [0.717, 1.165) is 12.0 Å². The first-order chi connectivity index (χ1) is 14.5. The van der Waals surface area contributed by atoms with Gasteiger partial charge in [-0.25, -0.2) is 4.79 Å². The monoisotopic (exact) mass is 415 g/mol. The summed E-state index contributed by atoms with van der Waals surface area (Å²) in [7, 11) is 0. The molecule has 6 heteroatoms. The van der Waals surface area contributed by atoms with Crippen LogP contribution in [0.2, 0.25) is 0 Å². The Labute approximate surface area is 180 Å².